The van der Waals surface area contributed by atoms with Gasteiger partial charge in [-0.05, 0) is 38.3 Å². The van der Waals surface area contributed by atoms with Gasteiger partial charge >= 0.3 is 0 Å². The van der Waals surface area contributed by atoms with E-state index in [0.717, 1.165) is 31.6 Å². The molecule has 6 rings (SSSR count). The average Bonchev–Trinajstić information content (AvgIpc) is 3.17. The molecule has 2 bridgehead atoms. The summed E-state index contributed by atoms with van der Waals surface area (Å²) in [5, 5.41) is 2.79. The maximum atomic E-state index is 12.9. The highest BCUT2D eigenvalue weighted by Gasteiger charge is 2.57. The molecule has 0 aromatic carbocycles. The molecule has 30 heavy (non-hydrogen) atoms. The molecule has 156 valence electrons. The summed E-state index contributed by atoms with van der Waals surface area (Å²) in [4.78, 5) is 26.1. The van der Waals surface area contributed by atoms with E-state index < -0.39 is 5.91 Å². The predicted octanol–water partition coefficient (Wildman–Crippen LogP) is 2.60. The molecular formula is C21H23N5O4. The van der Waals surface area contributed by atoms with Crippen molar-refractivity contribution in [1.29, 1.82) is 0 Å². The van der Waals surface area contributed by atoms with E-state index in [0.29, 0.717) is 23.1 Å². The van der Waals surface area contributed by atoms with Gasteiger partial charge in [-0.25, -0.2) is 15.0 Å². The molecule has 3 fully saturated rings. The molecule has 2 aliphatic heterocycles. The first-order valence-corrected chi connectivity index (χ1v) is 9.84. The number of aromatic nitrogens is 4. The van der Waals surface area contributed by atoms with E-state index in [1.54, 1.807) is 24.5 Å². The Labute approximate surface area is 173 Å². The Morgan fingerprint density at radius 2 is 2.00 bits per heavy atom. The number of hydrogen-bond acceptors (Lipinski definition) is 7. The number of carbonyl (C=O) groups is 1. The number of imidazole rings is 1. The second kappa shape index (κ2) is 6.66. The normalized spacial score (nSPS) is 24.9. The van der Waals surface area contributed by atoms with Gasteiger partial charge in [-0.1, -0.05) is 0 Å². The number of ether oxygens (including phenoxy) is 3. The topological polar surface area (TPSA) is 99.9 Å². The molecule has 2 saturated heterocycles. The lowest BCUT2D eigenvalue weighted by Crippen LogP contribution is -2.59. The summed E-state index contributed by atoms with van der Waals surface area (Å²) >= 11 is 0. The molecule has 1 amide bonds. The first-order chi connectivity index (χ1) is 14.5. The molecule has 0 atom stereocenters. The summed E-state index contributed by atoms with van der Waals surface area (Å²) in [6.45, 7) is 2.89. The van der Waals surface area contributed by atoms with Crippen molar-refractivity contribution in [2.45, 2.75) is 37.2 Å². The lowest BCUT2D eigenvalue weighted by molar-refractivity contribution is -0.182. The van der Waals surface area contributed by atoms with Gasteiger partial charge in [0.2, 0.25) is 11.5 Å². The van der Waals surface area contributed by atoms with Crippen molar-refractivity contribution in [3.8, 4) is 11.8 Å². The molecule has 0 unspecified atom stereocenters. The van der Waals surface area contributed by atoms with Gasteiger partial charge in [-0.15, -0.1) is 0 Å². The van der Waals surface area contributed by atoms with Gasteiger partial charge in [0.1, 0.15) is 11.4 Å². The predicted molar refractivity (Wildman–Crippen MR) is 108 cm³/mol. The minimum absolute atomic E-state index is 0.0233. The summed E-state index contributed by atoms with van der Waals surface area (Å²) in [7, 11) is 3.02. The summed E-state index contributed by atoms with van der Waals surface area (Å²) < 4.78 is 18.3. The van der Waals surface area contributed by atoms with Crippen LogP contribution in [-0.4, -0.2) is 51.7 Å². The van der Waals surface area contributed by atoms with Gasteiger partial charge in [0.05, 0.1) is 25.5 Å². The molecule has 3 aromatic heterocycles. The van der Waals surface area contributed by atoms with Gasteiger partial charge in [-0.3, -0.25) is 9.20 Å². The van der Waals surface area contributed by atoms with Crippen LogP contribution < -0.4 is 14.8 Å². The molecule has 1 N–H and O–H groups in total. The molecule has 3 aliphatic rings. The lowest BCUT2D eigenvalue weighted by atomic mass is 9.55. The van der Waals surface area contributed by atoms with Gasteiger partial charge in [0, 0.05) is 30.6 Å². The Morgan fingerprint density at radius 3 is 2.73 bits per heavy atom. The van der Waals surface area contributed by atoms with Crippen LogP contribution in [0.1, 0.15) is 42.4 Å². The molecule has 1 saturated carbocycles. The van der Waals surface area contributed by atoms with Gasteiger partial charge in [-0.2, -0.15) is 0 Å². The summed E-state index contributed by atoms with van der Waals surface area (Å²) in [6, 6.07) is 3.43. The van der Waals surface area contributed by atoms with Crippen molar-refractivity contribution in [3.05, 3.63) is 42.1 Å². The molecule has 0 radical (unpaired) electrons. The van der Waals surface area contributed by atoms with E-state index in [9.17, 15) is 4.79 Å². The highest BCUT2D eigenvalue weighted by molar-refractivity contribution is 6.03. The standard InChI is InChI=1S/C21H23N5O4/c1-20-11-21(12-20,6-8-30-20)15-10-26-9-14(24-19(29-3)16(26)25-15)17(27)23-13-5-4-7-22-18(13)28-2/h4-5,7,9-10H,6,8,11-12H2,1-3H3,(H,23,27). The Morgan fingerprint density at radius 1 is 1.20 bits per heavy atom. The number of methoxy groups -OCH3 is 2. The fourth-order valence-corrected chi connectivity index (χ4v) is 4.77. The van der Waals surface area contributed by atoms with E-state index in [4.69, 9.17) is 19.2 Å². The number of hydrogen-bond donors (Lipinski definition) is 1. The fraction of sp³-hybridized carbons (Fsp3) is 0.429. The summed E-state index contributed by atoms with van der Waals surface area (Å²) in [5.74, 6) is 0.241. The molecule has 5 heterocycles. The minimum Gasteiger partial charge on any atom is -0.480 e. The second-order valence-electron chi connectivity index (χ2n) is 8.19. The highest BCUT2D eigenvalue weighted by atomic mass is 16.5. The Balaban J connectivity index is 1.49. The highest BCUT2D eigenvalue weighted by Crippen LogP contribution is 2.57. The van der Waals surface area contributed by atoms with Crippen molar-refractivity contribution in [2.24, 2.45) is 0 Å². The van der Waals surface area contributed by atoms with Crippen LogP contribution in [0.4, 0.5) is 5.69 Å². The van der Waals surface area contributed by atoms with Crippen molar-refractivity contribution in [2.75, 3.05) is 26.1 Å². The van der Waals surface area contributed by atoms with E-state index in [2.05, 4.69) is 22.2 Å². The van der Waals surface area contributed by atoms with Gasteiger partial charge in [0.15, 0.2) is 0 Å². The van der Waals surface area contributed by atoms with Crippen LogP contribution in [0.15, 0.2) is 30.7 Å². The zero-order chi connectivity index (χ0) is 20.9. The molecule has 3 aromatic rings. The van der Waals surface area contributed by atoms with Crippen molar-refractivity contribution in [3.63, 3.8) is 0 Å². The third-order valence-electron chi connectivity index (χ3n) is 6.04. The Kier molecular flexibility index (Phi) is 4.18. The minimum atomic E-state index is -0.391. The SMILES string of the molecule is COc1ncccc1NC(=O)c1cn2cc(C34CCOC(C)(C3)C4)nc2c(OC)n1. The largest absolute Gasteiger partial charge is 0.480 e. The van der Waals surface area contributed by atoms with Crippen LogP contribution in [0.3, 0.4) is 0 Å². The first kappa shape index (κ1) is 18.8. The first-order valence-electron chi connectivity index (χ1n) is 9.84. The van der Waals surface area contributed by atoms with Crippen molar-refractivity contribution in [1.82, 2.24) is 19.4 Å². The number of carbonyl (C=O) groups excluding carboxylic acids is 1. The second-order valence-corrected chi connectivity index (χ2v) is 8.19. The maximum absolute atomic E-state index is 12.9. The molecule has 9 heteroatoms. The monoisotopic (exact) mass is 409 g/mol. The van der Waals surface area contributed by atoms with Crippen LogP contribution >= 0.6 is 0 Å². The van der Waals surface area contributed by atoms with Crippen LogP contribution in [0.25, 0.3) is 5.65 Å². The summed E-state index contributed by atoms with van der Waals surface area (Å²) in [5.41, 5.74) is 2.23. The van der Waals surface area contributed by atoms with E-state index in [1.807, 2.05) is 10.6 Å². The number of fused-ring (bicyclic) bond motifs is 3. The number of nitrogens with one attached hydrogen (secondary N) is 1. The molecule has 0 spiro atoms. The Hall–Kier alpha value is -3.20. The van der Waals surface area contributed by atoms with Crippen LogP contribution in [0, 0.1) is 0 Å². The van der Waals surface area contributed by atoms with Crippen LogP contribution in [0.5, 0.6) is 11.8 Å². The van der Waals surface area contributed by atoms with Crippen LogP contribution in [-0.2, 0) is 10.2 Å². The number of pyridine rings is 1. The fourth-order valence-electron chi connectivity index (χ4n) is 4.77. The lowest BCUT2D eigenvalue weighted by Gasteiger charge is -2.58. The third kappa shape index (κ3) is 2.88. The summed E-state index contributed by atoms with van der Waals surface area (Å²) in [6.07, 6.45) is 8.08. The number of amides is 1. The zero-order valence-corrected chi connectivity index (χ0v) is 17.1. The van der Waals surface area contributed by atoms with E-state index in [1.165, 1.54) is 14.2 Å². The molecule has 1 aliphatic carbocycles. The zero-order valence-electron chi connectivity index (χ0n) is 17.1. The van der Waals surface area contributed by atoms with Gasteiger partial charge in [0.25, 0.3) is 11.8 Å². The molecule has 9 nitrogen and oxygen atoms in total. The van der Waals surface area contributed by atoms with E-state index in [-0.39, 0.29) is 16.7 Å². The quantitative estimate of drug-likeness (QED) is 0.691. The average molecular weight is 409 g/mol. The smallest absolute Gasteiger partial charge is 0.276 e. The van der Waals surface area contributed by atoms with Gasteiger partial charge < -0.3 is 19.5 Å². The van der Waals surface area contributed by atoms with Crippen molar-refractivity contribution < 1.29 is 19.0 Å². The number of anilines is 1. The van der Waals surface area contributed by atoms with E-state index >= 15 is 0 Å². The number of nitrogens with zero attached hydrogens (tertiary/aromatic N) is 4. The molecular weight excluding hydrogens is 386 g/mol. The van der Waals surface area contributed by atoms with Crippen molar-refractivity contribution >= 4 is 17.2 Å². The van der Waals surface area contributed by atoms with Crippen LogP contribution in [0.2, 0.25) is 0 Å². The third-order valence-corrected chi connectivity index (χ3v) is 6.04. The number of rotatable bonds is 5. The maximum Gasteiger partial charge on any atom is 0.276 e. The Bertz CT molecular complexity index is 1140.